The third-order valence-corrected chi connectivity index (χ3v) is 3.51. The van der Waals surface area contributed by atoms with E-state index in [0.717, 1.165) is 0 Å². The Morgan fingerprint density at radius 2 is 1.87 bits per heavy atom. The Morgan fingerprint density at radius 1 is 1.22 bits per heavy atom. The molecular weight excluding hydrogens is 298 g/mol. The van der Waals surface area contributed by atoms with Gasteiger partial charge in [0.1, 0.15) is 6.07 Å². The van der Waals surface area contributed by atoms with Crippen molar-refractivity contribution < 1.29 is 19.1 Å². The van der Waals surface area contributed by atoms with Crippen LogP contribution < -0.4 is 5.73 Å². The fourth-order valence-electron chi connectivity index (χ4n) is 2.32. The van der Waals surface area contributed by atoms with Crippen molar-refractivity contribution in [1.29, 1.82) is 5.26 Å². The van der Waals surface area contributed by atoms with E-state index < -0.39 is 11.9 Å². The molecule has 23 heavy (non-hydrogen) atoms. The first-order valence-corrected chi connectivity index (χ1v) is 6.63. The molecule has 0 saturated heterocycles. The van der Waals surface area contributed by atoms with Crippen molar-refractivity contribution in [1.82, 2.24) is 4.57 Å². The number of nitrogens with zero attached hydrogens (tertiary/aromatic N) is 2. The molecule has 2 N–H and O–H groups in total. The fraction of sp³-hybridized carbons (Fsp3) is 0.188. The number of nitrogen functional groups attached to an aromatic ring is 1. The van der Waals surface area contributed by atoms with Crippen LogP contribution in [0.1, 0.15) is 32.0 Å². The lowest BCUT2D eigenvalue weighted by Gasteiger charge is -2.13. The van der Waals surface area contributed by atoms with E-state index in [-0.39, 0.29) is 16.9 Å². The first-order valence-electron chi connectivity index (χ1n) is 6.63. The van der Waals surface area contributed by atoms with E-state index in [1.54, 1.807) is 25.1 Å². The SMILES string of the molecule is COC(=O)c1cccc(-n2cc(C#N)c(N)c2C(=O)OC)c1C. The Balaban J connectivity index is 2.75. The number of carbonyl (C=O) groups is 2. The van der Waals surface area contributed by atoms with E-state index in [0.29, 0.717) is 16.8 Å². The second kappa shape index (κ2) is 6.23. The zero-order chi connectivity index (χ0) is 17.1. The zero-order valence-electron chi connectivity index (χ0n) is 12.9. The number of esters is 2. The minimum absolute atomic E-state index is 0.0298. The number of nitriles is 1. The van der Waals surface area contributed by atoms with Crippen molar-refractivity contribution in [2.75, 3.05) is 20.0 Å². The molecule has 0 fully saturated rings. The summed E-state index contributed by atoms with van der Waals surface area (Å²) in [4.78, 5) is 23.8. The van der Waals surface area contributed by atoms with Crippen LogP contribution in [0.3, 0.4) is 0 Å². The van der Waals surface area contributed by atoms with E-state index >= 15 is 0 Å². The summed E-state index contributed by atoms with van der Waals surface area (Å²) in [6.07, 6.45) is 1.44. The van der Waals surface area contributed by atoms with E-state index in [1.165, 1.54) is 25.0 Å². The van der Waals surface area contributed by atoms with Crippen molar-refractivity contribution in [2.45, 2.75) is 6.92 Å². The number of aromatic nitrogens is 1. The predicted octanol–water partition coefficient (Wildman–Crippen LogP) is 1.81. The quantitative estimate of drug-likeness (QED) is 0.866. The molecule has 0 spiro atoms. The van der Waals surface area contributed by atoms with Gasteiger partial charge < -0.3 is 19.8 Å². The lowest BCUT2D eigenvalue weighted by molar-refractivity contribution is 0.0588. The molecule has 2 rings (SSSR count). The summed E-state index contributed by atoms with van der Waals surface area (Å²) in [5, 5.41) is 9.14. The molecular formula is C16H15N3O4. The summed E-state index contributed by atoms with van der Waals surface area (Å²) in [6, 6.07) is 6.89. The number of rotatable bonds is 3. The first kappa shape index (κ1) is 16.1. The standard InChI is InChI=1S/C16H15N3O4/c1-9-11(15(20)22-2)5-4-6-12(9)19-8-10(7-17)13(18)14(19)16(21)23-3/h4-6,8H,18H2,1-3H3. The summed E-state index contributed by atoms with van der Waals surface area (Å²) >= 11 is 0. The van der Waals surface area contributed by atoms with Gasteiger partial charge in [0, 0.05) is 11.9 Å². The van der Waals surface area contributed by atoms with Gasteiger partial charge >= 0.3 is 11.9 Å². The second-order valence-electron chi connectivity index (χ2n) is 4.72. The van der Waals surface area contributed by atoms with Crippen LogP contribution in [0, 0.1) is 18.3 Å². The number of carbonyl (C=O) groups excluding carboxylic acids is 2. The van der Waals surface area contributed by atoms with Crippen LogP contribution in [0.15, 0.2) is 24.4 Å². The van der Waals surface area contributed by atoms with Crippen molar-refractivity contribution in [3.05, 3.63) is 46.8 Å². The third kappa shape index (κ3) is 2.62. The van der Waals surface area contributed by atoms with Crippen molar-refractivity contribution in [3.8, 4) is 11.8 Å². The van der Waals surface area contributed by atoms with Gasteiger partial charge in [0.15, 0.2) is 5.69 Å². The number of nitrogens with two attached hydrogens (primary N) is 1. The summed E-state index contributed by atoms with van der Waals surface area (Å²) in [7, 11) is 2.51. The van der Waals surface area contributed by atoms with Gasteiger partial charge in [-0.2, -0.15) is 5.26 Å². The largest absolute Gasteiger partial charge is 0.465 e. The maximum atomic E-state index is 12.0. The number of ether oxygens (including phenoxy) is 2. The molecule has 0 radical (unpaired) electrons. The third-order valence-electron chi connectivity index (χ3n) is 3.51. The van der Waals surface area contributed by atoms with Gasteiger partial charge in [-0.15, -0.1) is 0 Å². The molecule has 7 heteroatoms. The molecule has 0 saturated carbocycles. The highest BCUT2D eigenvalue weighted by Crippen LogP contribution is 2.27. The number of methoxy groups -OCH3 is 2. The summed E-state index contributed by atoms with van der Waals surface area (Å²) in [6.45, 7) is 1.71. The molecule has 0 aliphatic rings. The fourth-order valence-corrected chi connectivity index (χ4v) is 2.32. The Bertz CT molecular complexity index is 831. The van der Waals surface area contributed by atoms with Gasteiger partial charge in [-0.05, 0) is 24.6 Å². The second-order valence-corrected chi connectivity index (χ2v) is 4.72. The number of hydrogen-bond donors (Lipinski definition) is 1. The maximum absolute atomic E-state index is 12.0. The van der Waals surface area contributed by atoms with Crippen LogP contribution in [0.4, 0.5) is 5.69 Å². The maximum Gasteiger partial charge on any atom is 0.357 e. The van der Waals surface area contributed by atoms with E-state index in [1.807, 2.05) is 6.07 Å². The molecule has 0 unspecified atom stereocenters. The highest BCUT2D eigenvalue weighted by Gasteiger charge is 2.23. The van der Waals surface area contributed by atoms with Crippen LogP contribution in [0.5, 0.6) is 0 Å². The molecule has 7 nitrogen and oxygen atoms in total. The van der Waals surface area contributed by atoms with Gasteiger partial charge in [-0.1, -0.05) is 6.07 Å². The van der Waals surface area contributed by atoms with Gasteiger partial charge in [0.05, 0.1) is 31.0 Å². The van der Waals surface area contributed by atoms with E-state index in [4.69, 9.17) is 20.5 Å². The molecule has 2 aromatic rings. The monoisotopic (exact) mass is 313 g/mol. The van der Waals surface area contributed by atoms with Crippen LogP contribution in [-0.4, -0.2) is 30.7 Å². The summed E-state index contributed by atoms with van der Waals surface area (Å²) in [5.41, 5.74) is 7.55. The van der Waals surface area contributed by atoms with Gasteiger partial charge in [0.2, 0.25) is 0 Å². The minimum atomic E-state index is -0.674. The topological polar surface area (TPSA) is 107 Å². The molecule has 118 valence electrons. The lowest BCUT2D eigenvalue weighted by Crippen LogP contribution is -2.13. The Morgan fingerprint density at radius 3 is 2.43 bits per heavy atom. The Hall–Kier alpha value is -3.27. The average Bonchev–Trinajstić information content (AvgIpc) is 2.90. The van der Waals surface area contributed by atoms with Crippen LogP contribution in [-0.2, 0) is 9.47 Å². The van der Waals surface area contributed by atoms with E-state index in [2.05, 4.69) is 0 Å². The summed E-state index contributed by atoms with van der Waals surface area (Å²) < 4.78 is 10.9. The number of hydrogen-bond acceptors (Lipinski definition) is 6. The van der Waals surface area contributed by atoms with Crippen molar-refractivity contribution >= 4 is 17.6 Å². The van der Waals surface area contributed by atoms with Crippen LogP contribution >= 0.6 is 0 Å². The number of anilines is 1. The Kier molecular flexibility index (Phi) is 4.37. The predicted molar refractivity (Wildman–Crippen MR) is 82.3 cm³/mol. The molecule has 0 atom stereocenters. The summed E-state index contributed by atoms with van der Waals surface area (Å²) in [5.74, 6) is -1.17. The van der Waals surface area contributed by atoms with Crippen molar-refractivity contribution in [2.24, 2.45) is 0 Å². The molecule has 1 heterocycles. The smallest absolute Gasteiger partial charge is 0.357 e. The zero-order valence-corrected chi connectivity index (χ0v) is 12.9. The lowest BCUT2D eigenvalue weighted by atomic mass is 10.1. The molecule has 1 aromatic heterocycles. The molecule has 0 aliphatic heterocycles. The van der Waals surface area contributed by atoms with Crippen LogP contribution in [0.2, 0.25) is 0 Å². The Labute approximate surface area is 132 Å². The van der Waals surface area contributed by atoms with Gasteiger partial charge in [-0.25, -0.2) is 9.59 Å². The molecule has 0 aliphatic carbocycles. The van der Waals surface area contributed by atoms with Crippen LogP contribution in [0.25, 0.3) is 5.69 Å². The highest BCUT2D eigenvalue weighted by atomic mass is 16.5. The van der Waals surface area contributed by atoms with Gasteiger partial charge in [0.25, 0.3) is 0 Å². The molecule has 0 amide bonds. The first-order chi connectivity index (χ1) is 11.0. The van der Waals surface area contributed by atoms with E-state index in [9.17, 15) is 9.59 Å². The normalized spacial score (nSPS) is 10.0. The number of benzene rings is 1. The van der Waals surface area contributed by atoms with Crippen molar-refractivity contribution in [3.63, 3.8) is 0 Å². The van der Waals surface area contributed by atoms with Gasteiger partial charge in [-0.3, -0.25) is 0 Å². The molecule has 1 aromatic carbocycles. The minimum Gasteiger partial charge on any atom is -0.465 e. The molecule has 0 bridgehead atoms. The highest BCUT2D eigenvalue weighted by molar-refractivity contribution is 5.96. The average molecular weight is 313 g/mol.